The molecule has 1 aromatic carbocycles. The molecule has 1 heterocycles. The van der Waals surface area contributed by atoms with Crippen LogP contribution in [0, 0.1) is 11.3 Å². The van der Waals surface area contributed by atoms with E-state index < -0.39 is 12.2 Å². The third-order valence-electron chi connectivity index (χ3n) is 1.99. The molecular weight excluding hydrogens is 196 g/mol. The van der Waals surface area contributed by atoms with E-state index in [0.717, 1.165) is 5.56 Å². The quantitative estimate of drug-likeness (QED) is 0.752. The zero-order chi connectivity index (χ0) is 10.8. The number of amides is 1. The Bertz CT molecular complexity index is 450. The smallest absolute Gasteiger partial charge is 0.321 e. The molecule has 0 aromatic heterocycles. The minimum Gasteiger partial charge on any atom is -0.442 e. The zero-order valence-corrected chi connectivity index (χ0v) is 7.77. The van der Waals surface area contributed by atoms with Gasteiger partial charge in [0, 0.05) is 0 Å². The van der Waals surface area contributed by atoms with E-state index in [1.807, 2.05) is 6.07 Å². The maximum Gasteiger partial charge on any atom is 0.321 e. The molecule has 2 rings (SSSR count). The first-order valence-corrected chi connectivity index (χ1v) is 4.33. The zero-order valence-electron chi connectivity index (χ0n) is 7.77. The summed E-state index contributed by atoms with van der Waals surface area (Å²) in [6.45, 7) is 0. The summed E-state index contributed by atoms with van der Waals surface area (Å²) in [6.07, 6.45) is -0.768. The molecule has 1 aliphatic heterocycles. The highest BCUT2D eigenvalue weighted by molar-refractivity contribution is 5.79. The summed E-state index contributed by atoms with van der Waals surface area (Å²) in [6, 6.07) is 7.09. The monoisotopic (exact) mass is 204 g/mol. The summed E-state index contributed by atoms with van der Waals surface area (Å²) in [4.78, 5) is 10.8. The summed E-state index contributed by atoms with van der Waals surface area (Å²) in [5.41, 5.74) is 5.84. The second kappa shape index (κ2) is 3.50. The second-order valence-electron chi connectivity index (χ2n) is 3.09. The molecule has 0 saturated carbocycles. The Labute approximate surface area is 86.0 Å². The van der Waals surface area contributed by atoms with Gasteiger partial charge in [0.2, 0.25) is 0 Å². The van der Waals surface area contributed by atoms with Gasteiger partial charge in [0.25, 0.3) is 5.91 Å². The summed E-state index contributed by atoms with van der Waals surface area (Å²) < 4.78 is 10.3. The van der Waals surface area contributed by atoms with Crippen molar-refractivity contribution in [3.8, 4) is 17.6 Å². The molecule has 0 fully saturated rings. The number of benzene rings is 1. The van der Waals surface area contributed by atoms with Crippen LogP contribution in [0.4, 0.5) is 0 Å². The SMILES string of the molecule is N#CCc1ccc2c(c1)OC(C(N)=O)O2. The first-order valence-electron chi connectivity index (χ1n) is 4.33. The number of ether oxygens (including phenoxy) is 2. The number of nitrogens with two attached hydrogens (primary N) is 1. The number of carbonyl (C=O) groups excluding carboxylic acids is 1. The van der Waals surface area contributed by atoms with Crippen LogP contribution in [0.5, 0.6) is 11.5 Å². The fraction of sp³-hybridized carbons (Fsp3) is 0.200. The van der Waals surface area contributed by atoms with Crippen molar-refractivity contribution >= 4 is 5.91 Å². The fourth-order valence-electron chi connectivity index (χ4n) is 1.31. The fourth-order valence-corrected chi connectivity index (χ4v) is 1.31. The summed E-state index contributed by atoms with van der Waals surface area (Å²) >= 11 is 0. The van der Waals surface area contributed by atoms with Gasteiger partial charge in [-0.25, -0.2) is 0 Å². The Balaban J connectivity index is 2.24. The molecule has 1 aromatic rings. The van der Waals surface area contributed by atoms with E-state index in [0.29, 0.717) is 11.5 Å². The Kier molecular flexibility index (Phi) is 2.18. The van der Waals surface area contributed by atoms with Crippen molar-refractivity contribution in [2.45, 2.75) is 12.7 Å². The summed E-state index contributed by atoms with van der Waals surface area (Å²) in [5.74, 6) is 0.250. The van der Waals surface area contributed by atoms with Crippen molar-refractivity contribution in [1.82, 2.24) is 0 Å². The lowest BCUT2D eigenvalue weighted by Crippen LogP contribution is -2.35. The van der Waals surface area contributed by atoms with Gasteiger partial charge in [-0.1, -0.05) is 6.07 Å². The number of carbonyl (C=O) groups is 1. The van der Waals surface area contributed by atoms with Crippen LogP contribution in [0.2, 0.25) is 0 Å². The van der Waals surface area contributed by atoms with Crippen molar-refractivity contribution in [1.29, 1.82) is 5.26 Å². The van der Waals surface area contributed by atoms with Gasteiger partial charge in [-0.3, -0.25) is 4.79 Å². The lowest BCUT2D eigenvalue weighted by atomic mass is 10.1. The number of nitrogens with zero attached hydrogens (tertiary/aromatic N) is 1. The number of hydrogen-bond donors (Lipinski definition) is 1. The van der Waals surface area contributed by atoms with E-state index in [4.69, 9.17) is 20.5 Å². The predicted molar refractivity (Wildman–Crippen MR) is 50.0 cm³/mol. The molecule has 0 bridgehead atoms. The van der Waals surface area contributed by atoms with Gasteiger partial charge in [-0.15, -0.1) is 0 Å². The maximum atomic E-state index is 10.8. The number of fused-ring (bicyclic) bond motifs is 1. The van der Waals surface area contributed by atoms with Crippen LogP contribution in [0.1, 0.15) is 5.56 Å². The standard InChI is InChI=1S/C10H8N2O3/c11-4-3-6-1-2-7-8(5-6)15-10(14-7)9(12)13/h1-2,5,10H,3H2,(H2,12,13). The largest absolute Gasteiger partial charge is 0.442 e. The van der Waals surface area contributed by atoms with Crippen LogP contribution in [-0.2, 0) is 11.2 Å². The second-order valence-corrected chi connectivity index (χ2v) is 3.09. The third-order valence-corrected chi connectivity index (χ3v) is 1.99. The molecule has 1 amide bonds. The average molecular weight is 204 g/mol. The molecule has 1 unspecified atom stereocenters. The molecule has 1 atom stereocenters. The third kappa shape index (κ3) is 1.70. The Morgan fingerprint density at radius 3 is 2.87 bits per heavy atom. The van der Waals surface area contributed by atoms with Crippen LogP contribution in [0.3, 0.4) is 0 Å². The normalized spacial score (nSPS) is 17.1. The van der Waals surface area contributed by atoms with E-state index in [1.54, 1.807) is 18.2 Å². The first-order chi connectivity index (χ1) is 7.20. The minimum absolute atomic E-state index is 0.290. The number of primary amides is 1. The molecule has 0 radical (unpaired) electrons. The highest BCUT2D eigenvalue weighted by Crippen LogP contribution is 2.35. The van der Waals surface area contributed by atoms with Crippen molar-refractivity contribution < 1.29 is 14.3 Å². The lowest BCUT2D eigenvalue weighted by molar-refractivity contribution is -0.133. The molecule has 0 aliphatic carbocycles. The summed E-state index contributed by atoms with van der Waals surface area (Å²) in [7, 11) is 0. The molecule has 15 heavy (non-hydrogen) atoms. The van der Waals surface area contributed by atoms with Gasteiger partial charge >= 0.3 is 6.29 Å². The average Bonchev–Trinajstić information content (AvgIpc) is 2.61. The lowest BCUT2D eigenvalue weighted by Gasteiger charge is -2.03. The highest BCUT2D eigenvalue weighted by atomic mass is 16.7. The predicted octanol–water partition coefficient (Wildman–Crippen LogP) is 0.335. The molecule has 0 saturated heterocycles. The van der Waals surface area contributed by atoms with E-state index in [1.165, 1.54) is 0 Å². The molecule has 2 N–H and O–H groups in total. The Hall–Kier alpha value is -2.22. The van der Waals surface area contributed by atoms with Crippen molar-refractivity contribution in [2.75, 3.05) is 0 Å². The maximum absolute atomic E-state index is 10.8. The molecule has 76 valence electrons. The van der Waals surface area contributed by atoms with Gasteiger partial charge in [0.15, 0.2) is 11.5 Å². The van der Waals surface area contributed by atoms with E-state index in [-0.39, 0.29) is 6.42 Å². The van der Waals surface area contributed by atoms with Crippen LogP contribution < -0.4 is 15.2 Å². The summed E-state index contributed by atoms with van der Waals surface area (Å²) in [5, 5.41) is 8.51. The minimum atomic E-state index is -1.06. The molecular formula is C10H8N2O3. The van der Waals surface area contributed by atoms with Crippen molar-refractivity contribution in [3.05, 3.63) is 23.8 Å². The molecule has 0 spiro atoms. The van der Waals surface area contributed by atoms with Gasteiger partial charge in [0.1, 0.15) is 0 Å². The molecule has 5 heteroatoms. The number of rotatable bonds is 2. The van der Waals surface area contributed by atoms with Crippen LogP contribution in [0.25, 0.3) is 0 Å². The number of hydrogen-bond acceptors (Lipinski definition) is 4. The van der Waals surface area contributed by atoms with Gasteiger partial charge in [-0.2, -0.15) is 5.26 Å². The highest BCUT2D eigenvalue weighted by Gasteiger charge is 2.28. The Morgan fingerprint density at radius 1 is 1.47 bits per heavy atom. The van der Waals surface area contributed by atoms with E-state index in [9.17, 15) is 4.79 Å². The molecule has 5 nitrogen and oxygen atoms in total. The van der Waals surface area contributed by atoms with Gasteiger partial charge in [0.05, 0.1) is 12.5 Å². The van der Waals surface area contributed by atoms with Crippen molar-refractivity contribution in [3.63, 3.8) is 0 Å². The van der Waals surface area contributed by atoms with Crippen LogP contribution in [0.15, 0.2) is 18.2 Å². The Morgan fingerprint density at radius 2 is 2.20 bits per heavy atom. The van der Waals surface area contributed by atoms with Gasteiger partial charge in [-0.05, 0) is 17.7 Å². The van der Waals surface area contributed by atoms with Crippen LogP contribution in [-0.4, -0.2) is 12.2 Å². The topological polar surface area (TPSA) is 85.3 Å². The number of nitriles is 1. The van der Waals surface area contributed by atoms with Crippen molar-refractivity contribution in [2.24, 2.45) is 5.73 Å². The first kappa shape index (κ1) is 9.34. The molecule has 1 aliphatic rings. The van der Waals surface area contributed by atoms with Gasteiger partial charge < -0.3 is 15.2 Å². The van der Waals surface area contributed by atoms with E-state index in [2.05, 4.69) is 0 Å². The van der Waals surface area contributed by atoms with E-state index >= 15 is 0 Å². The van der Waals surface area contributed by atoms with Crippen LogP contribution >= 0.6 is 0 Å².